The van der Waals surface area contributed by atoms with Crippen molar-refractivity contribution in [3.8, 4) is 0 Å². The van der Waals surface area contributed by atoms with Crippen molar-refractivity contribution in [1.82, 2.24) is 9.38 Å². The predicted molar refractivity (Wildman–Crippen MR) is 71.1 cm³/mol. The van der Waals surface area contributed by atoms with Gasteiger partial charge in [0.1, 0.15) is 0 Å². The van der Waals surface area contributed by atoms with Gasteiger partial charge in [0.2, 0.25) is 0 Å². The summed E-state index contributed by atoms with van der Waals surface area (Å²) in [6.07, 6.45) is 2.00. The first kappa shape index (κ1) is 11.9. The Kier molecular flexibility index (Phi) is 3.01. The third kappa shape index (κ3) is 1.87. The smallest absolute Gasteiger partial charge is 0.151 e. The predicted octanol–water partition coefficient (Wildman–Crippen LogP) is 4.13. The van der Waals surface area contributed by atoms with Gasteiger partial charge in [-0.3, -0.25) is 0 Å². The molecule has 0 bridgehead atoms. The van der Waals surface area contributed by atoms with Gasteiger partial charge in [0.05, 0.1) is 21.7 Å². The first-order chi connectivity index (χ1) is 7.45. The summed E-state index contributed by atoms with van der Waals surface area (Å²) in [7, 11) is 0. The second kappa shape index (κ2) is 4.04. The summed E-state index contributed by atoms with van der Waals surface area (Å²) in [6, 6.07) is 3.98. The number of imidazole rings is 1. The molecule has 0 unspecified atom stereocenters. The van der Waals surface area contributed by atoms with E-state index < -0.39 is 0 Å². The zero-order valence-corrected chi connectivity index (χ0v) is 11.9. The minimum Gasteiger partial charge on any atom is -0.302 e. The highest BCUT2D eigenvalue weighted by Gasteiger charge is 2.23. The maximum atomic E-state index is 6.03. The van der Waals surface area contributed by atoms with Crippen LogP contribution in [0.15, 0.2) is 22.8 Å². The lowest BCUT2D eigenvalue weighted by atomic mass is 9.91. The summed E-state index contributed by atoms with van der Waals surface area (Å²) in [6.45, 7) is 6.45. The molecule has 2 aromatic rings. The molecule has 0 atom stereocenters. The molecule has 0 aliphatic heterocycles. The van der Waals surface area contributed by atoms with Gasteiger partial charge in [-0.05, 0) is 28.1 Å². The number of alkyl halides is 1. The number of fused-ring (bicyclic) bond motifs is 1. The highest BCUT2D eigenvalue weighted by Crippen LogP contribution is 2.29. The number of hydrogen-bond donors (Lipinski definition) is 0. The Labute approximate surface area is 109 Å². The average molecular weight is 302 g/mol. The molecule has 0 aliphatic carbocycles. The molecular formula is C12H14BrClN2. The van der Waals surface area contributed by atoms with Crippen LogP contribution in [-0.4, -0.2) is 9.38 Å². The fraction of sp³-hybridized carbons (Fsp3) is 0.417. The van der Waals surface area contributed by atoms with Gasteiger partial charge in [-0.15, -0.1) is 11.6 Å². The molecule has 0 aromatic carbocycles. The molecule has 0 aliphatic rings. The lowest BCUT2D eigenvalue weighted by Gasteiger charge is -2.16. The minimum absolute atomic E-state index is 0.00961. The van der Waals surface area contributed by atoms with E-state index in [-0.39, 0.29) is 5.41 Å². The monoisotopic (exact) mass is 300 g/mol. The van der Waals surface area contributed by atoms with Crippen LogP contribution < -0.4 is 0 Å². The summed E-state index contributed by atoms with van der Waals surface area (Å²) < 4.78 is 3.05. The van der Waals surface area contributed by atoms with E-state index in [0.29, 0.717) is 5.88 Å². The molecule has 0 amide bonds. The molecule has 2 aromatic heterocycles. The second-order valence-electron chi connectivity index (χ2n) is 4.84. The van der Waals surface area contributed by atoms with Gasteiger partial charge in [-0.25, -0.2) is 4.98 Å². The van der Waals surface area contributed by atoms with Gasteiger partial charge in [0, 0.05) is 11.6 Å². The zero-order valence-electron chi connectivity index (χ0n) is 9.59. The van der Waals surface area contributed by atoms with Gasteiger partial charge >= 0.3 is 0 Å². The van der Waals surface area contributed by atoms with Gasteiger partial charge < -0.3 is 4.40 Å². The molecule has 0 saturated heterocycles. The highest BCUT2D eigenvalue weighted by atomic mass is 79.9. The molecule has 0 saturated carbocycles. The quantitative estimate of drug-likeness (QED) is 0.724. The van der Waals surface area contributed by atoms with Crippen LogP contribution in [0.25, 0.3) is 5.65 Å². The summed E-state index contributed by atoms with van der Waals surface area (Å²) in [4.78, 5) is 4.69. The molecule has 86 valence electrons. The van der Waals surface area contributed by atoms with E-state index in [4.69, 9.17) is 11.6 Å². The Morgan fingerprint density at radius 1 is 1.44 bits per heavy atom. The first-order valence-electron chi connectivity index (χ1n) is 5.17. The van der Waals surface area contributed by atoms with E-state index in [1.807, 2.05) is 18.3 Å². The Balaban J connectivity index is 2.81. The van der Waals surface area contributed by atoms with E-state index in [0.717, 1.165) is 21.5 Å². The normalized spacial score (nSPS) is 12.3. The van der Waals surface area contributed by atoms with Crippen molar-refractivity contribution in [3.63, 3.8) is 0 Å². The number of hydrogen-bond acceptors (Lipinski definition) is 1. The fourth-order valence-electron chi connectivity index (χ4n) is 1.81. The maximum Gasteiger partial charge on any atom is 0.151 e. The second-order valence-corrected chi connectivity index (χ2v) is 5.96. The first-order valence-corrected chi connectivity index (χ1v) is 6.50. The van der Waals surface area contributed by atoms with Gasteiger partial charge in [0.25, 0.3) is 0 Å². The van der Waals surface area contributed by atoms with Crippen LogP contribution in [-0.2, 0) is 11.3 Å². The molecule has 2 heterocycles. The number of halogens is 2. The SMILES string of the molecule is CC(C)(C)c1nc2c(Br)cccn2c1CCl. The van der Waals surface area contributed by atoms with E-state index in [9.17, 15) is 0 Å². The van der Waals surface area contributed by atoms with E-state index in [2.05, 4.69) is 46.1 Å². The largest absolute Gasteiger partial charge is 0.302 e. The van der Waals surface area contributed by atoms with Crippen LogP contribution >= 0.6 is 27.5 Å². The number of nitrogens with zero attached hydrogens (tertiary/aromatic N) is 2. The van der Waals surface area contributed by atoms with E-state index >= 15 is 0 Å². The van der Waals surface area contributed by atoms with Gasteiger partial charge in [-0.2, -0.15) is 0 Å². The van der Waals surface area contributed by atoms with E-state index in [1.54, 1.807) is 0 Å². The molecule has 0 spiro atoms. The highest BCUT2D eigenvalue weighted by molar-refractivity contribution is 9.10. The standard InChI is InChI=1S/C12H14BrClN2/c1-12(2,3)10-9(7-14)16-6-4-5-8(13)11(16)15-10/h4-6H,7H2,1-3H3. The van der Waals surface area contributed by atoms with Crippen LogP contribution in [0.1, 0.15) is 32.2 Å². The summed E-state index contributed by atoms with van der Waals surface area (Å²) in [5.41, 5.74) is 3.08. The van der Waals surface area contributed by atoms with Crippen molar-refractivity contribution < 1.29 is 0 Å². The molecule has 0 fully saturated rings. The van der Waals surface area contributed by atoms with E-state index in [1.165, 1.54) is 0 Å². The molecular weight excluding hydrogens is 288 g/mol. The number of pyridine rings is 1. The summed E-state index contributed by atoms with van der Waals surface area (Å²) >= 11 is 9.55. The molecule has 0 N–H and O–H groups in total. The minimum atomic E-state index is 0.00961. The molecule has 0 radical (unpaired) electrons. The lowest BCUT2D eigenvalue weighted by molar-refractivity contribution is 0.567. The Morgan fingerprint density at radius 2 is 2.12 bits per heavy atom. The fourth-order valence-corrected chi connectivity index (χ4v) is 2.50. The van der Waals surface area contributed by atoms with Crippen LogP contribution in [0.3, 0.4) is 0 Å². The Bertz CT molecular complexity index is 526. The summed E-state index contributed by atoms with van der Waals surface area (Å²) in [5.74, 6) is 0.476. The van der Waals surface area contributed by atoms with Crippen LogP contribution in [0, 0.1) is 0 Å². The lowest BCUT2D eigenvalue weighted by Crippen LogP contribution is -2.14. The van der Waals surface area contributed by atoms with Crippen molar-refractivity contribution in [2.45, 2.75) is 32.1 Å². The van der Waals surface area contributed by atoms with Crippen LogP contribution in [0.2, 0.25) is 0 Å². The molecule has 2 rings (SSSR count). The van der Waals surface area contributed by atoms with Crippen molar-refractivity contribution in [1.29, 1.82) is 0 Å². The Hall–Kier alpha value is -0.540. The van der Waals surface area contributed by atoms with Crippen molar-refractivity contribution in [2.24, 2.45) is 0 Å². The number of aromatic nitrogens is 2. The summed E-state index contributed by atoms with van der Waals surface area (Å²) in [5, 5.41) is 0. The molecule has 4 heteroatoms. The Morgan fingerprint density at radius 3 is 2.69 bits per heavy atom. The van der Waals surface area contributed by atoms with Gasteiger partial charge in [-0.1, -0.05) is 20.8 Å². The topological polar surface area (TPSA) is 17.3 Å². The molecule has 2 nitrogen and oxygen atoms in total. The van der Waals surface area contributed by atoms with Crippen molar-refractivity contribution in [2.75, 3.05) is 0 Å². The van der Waals surface area contributed by atoms with Crippen molar-refractivity contribution in [3.05, 3.63) is 34.2 Å². The van der Waals surface area contributed by atoms with Crippen LogP contribution in [0.5, 0.6) is 0 Å². The third-order valence-corrected chi connectivity index (χ3v) is 3.41. The molecule has 16 heavy (non-hydrogen) atoms. The zero-order chi connectivity index (χ0) is 11.9. The van der Waals surface area contributed by atoms with Crippen molar-refractivity contribution >= 4 is 33.2 Å². The average Bonchev–Trinajstić information content (AvgIpc) is 2.57. The number of rotatable bonds is 1. The van der Waals surface area contributed by atoms with Crippen LogP contribution in [0.4, 0.5) is 0 Å². The van der Waals surface area contributed by atoms with Gasteiger partial charge in [0.15, 0.2) is 5.65 Å². The third-order valence-electron chi connectivity index (χ3n) is 2.54. The maximum absolute atomic E-state index is 6.03.